The predicted octanol–water partition coefficient (Wildman–Crippen LogP) is 3.65. The molecule has 3 rings (SSSR count). The summed E-state index contributed by atoms with van der Waals surface area (Å²) in [4.78, 5) is 16.6. The van der Waals surface area contributed by atoms with Crippen molar-refractivity contribution in [2.45, 2.75) is 18.7 Å². The summed E-state index contributed by atoms with van der Waals surface area (Å²) in [5, 5.41) is 10.1. The van der Waals surface area contributed by atoms with Gasteiger partial charge in [-0.2, -0.15) is 4.31 Å². The quantitative estimate of drug-likeness (QED) is 0.565. The number of carboxylic acids is 1. The van der Waals surface area contributed by atoms with Crippen LogP contribution >= 0.6 is 0 Å². The Bertz CT molecular complexity index is 1240. The lowest BCUT2D eigenvalue weighted by Gasteiger charge is -2.19. The third kappa shape index (κ3) is 4.19. The molecule has 0 amide bonds. The van der Waals surface area contributed by atoms with Crippen molar-refractivity contribution >= 4 is 26.9 Å². The standard InChI is InChI=1S/C22H24N2O6S/c1-5-24(6-2)31(27,28)15-8-9-19-16(12-15)17(22(25)26)13-20(23-19)18-11-14(29-3)7-10-21(18)30-4/h7-13H,5-6H2,1-4H3,(H,25,26). The van der Waals surface area contributed by atoms with Crippen LogP contribution in [0, 0.1) is 0 Å². The Morgan fingerprint density at radius 2 is 1.74 bits per heavy atom. The molecule has 2 aromatic carbocycles. The van der Waals surface area contributed by atoms with Crippen LogP contribution in [0.25, 0.3) is 22.2 Å². The molecule has 0 aliphatic heterocycles. The monoisotopic (exact) mass is 444 g/mol. The number of nitrogens with zero attached hydrogens (tertiary/aromatic N) is 2. The predicted molar refractivity (Wildman–Crippen MR) is 117 cm³/mol. The molecule has 0 fully saturated rings. The molecule has 8 nitrogen and oxygen atoms in total. The zero-order valence-corrected chi connectivity index (χ0v) is 18.6. The molecule has 0 atom stereocenters. The number of sulfonamides is 1. The van der Waals surface area contributed by atoms with E-state index in [1.165, 1.54) is 42.8 Å². The largest absolute Gasteiger partial charge is 0.497 e. The van der Waals surface area contributed by atoms with E-state index in [0.717, 1.165) is 0 Å². The van der Waals surface area contributed by atoms with Gasteiger partial charge in [-0.05, 0) is 42.5 Å². The van der Waals surface area contributed by atoms with E-state index in [9.17, 15) is 18.3 Å². The van der Waals surface area contributed by atoms with Crippen LogP contribution in [0.5, 0.6) is 11.5 Å². The van der Waals surface area contributed by atoms with Crippen LogP contribution in [0.2, 0.25) is 0 Å². The van der Waals surface area contributed by atoms with Crippen LogP contribution in [-0.2, 0) is 10.0 Å². The zero-order valence-electron chi connectivity index (χ0n) is 17.7. The van der Waals surface area contributed by atoms with E-state index < -0.39 is 16.0 Å². The number of carbonyl (C=O) groups is 1. The molecule has 0 spiro atoms. The molecule has 1 heterocycles. The molecule has 0 unspecified atom stereocenters. The highest BCUT2D eigenvalue weighted by Crippen LogP contribution is 2.35. The number of aromatic carboxylic acids is 1. The first-order valence-corrected chi connectivity index (χ1v) is 11.1. The van der Waals surface area contributed by atoms with Gasteiger partial charge < -0.3 is 14.6 Å². The maximum Gasteiger partial charge on any atom is 0.336 e. The highest BCUT2D eigenvalue weighted by molar-refractivity contribution is 7.89. The molecule has 31 heavy (non-hydrogen) atoms. The lowest BCUT2D eigenvalue weighted by atomic mass is 10.0. The Kier molecular flexibility index (Phi) is 6.47. The fourth-order valence-electron chi connectivity index (χ4n) is 3.41. The molecular weight excluding hydrogens is 420 g/mol. The normalized spacial score (nSPS) is 11.6. The number of carboxylic acid groups (broad SMARTS) is 1. The van der Waals surface area contributed by atoms with E-state index in [4.69, 9.17) is 9.47 Å². The van der Waals surface area contributed by atoms with E-state index in [1.54, 1.807) is 32.0 Å². The molecule has 1 N–H and O–H groups in total. The number of rotatable bonds is 8. The number of ether oxygens (including phenoxy) is 2. The topological polar surface area (TPSA) is 106 Å². The van der Waals surface area contributed by atoms with Crippen LogP contribution in [-0.4, -0.2) is 56.1 Å². The van der Waals surface area contributed by atoms with Crippen LogP contribution in [0.3, 0.4) is 0 Å². The van der Waals surface area contributed by atoms with Gasteiger partial charge in [0, 0.05) is 24.0 Å². The van der Waals surface area contributed by atoms with Crippen molar-refractivity contribution in [2.24, 2.45) is 0 Å². The fourth-order valence-corrected chi connectivity index (χ4v) is 4.89. The van der Waals surface area contributed by atoms with E-state index in [1.807, 2.05) is 0 Å². The molecule has 1 aromatic heterocycles. The first kappa shape index (κ1) is 22.5. The van der Waals surface area contributed by atoms with Gasteiger partial charge in [-0.1, -0.05) is 13.8 Å². The van der Waals surface area contributed by atoms with Gasteiger partial charge in [0.15, 0.2) is 0 Å². The number of pyridine rings is 1. The highest BCUT2D eigenvalue weighted by atomic mass is 32.2. The van der Waals surface area contributed by atoms with Crippen molar-refractivity contribution in [2.75, 3.05) is 27.3 Å². The summed E-state index contributed by atoms with van der Waals surface area (Å²) in [6, 6.07) is 10.9. The molecule has 0 saturated heterocycles. The minimum atomic E-state index is -3.74. The molecule has 0 aliphatic carbocycles. The van der Waals surface area contributed by atoms with Gasteiger partial charge in [-0.3, -0.25) is 0 Å². The third-order valence-electron chi connectivity index (χ3n) is 5.04. The summed E-state index contributed by atoms with van der Waals surface area (Å²) in [5.74, 6) is -0.118. The van der Waals surface area contributed by atoms with Gasteiger partial charge in [0.1, 0.15) is 11.5 Å². The van der Waals surface area contributed by atoms with Crippen molar-refractivity contribution in [1.29, 1.82) is 0 Å². The molecular formula is C22H24N2O6S. The second-order valence-corrected chi connectivity index (χ2v) is 8.63. The second kappa shape index (κ2) is 8.91. The number of aromatic nitrogens is 1. The van der Waals surface area contributed by atoms with Crippen LogP contribution in [0.1, 0.15) is 24.2 Å². The smallest absolute Gasteiger partial charge is 0.336 e. The summed E-state index contributed by atoms with van der Waals surface area (Å²) in [7, 11) is -0.705. The van der Waals surface area contributed by atoms with Crippen LogP contribution in [0.4, 0.5) is 0 Å². The SMILES string of the molecule is CCN(CC)S(=O)(=O)c1ccc2nc(-c3cc(OC)ccc3OC)cc(C(=O)O)c2c1. The summed E-state index contributed by atoms with van der Waals surface area (Å²) in [6.07, 6.45) is 0. The van der Waals surface area contributed by atoms with Crippen molar-refractivity contribution in [3.05, 3.63) is 48.0 Å². The average Bonchev–Trinajstić information content (AvgIpc) is 2.77. The number of methoxy groups -OCH3 is 2. The first-order chi connectivity index (χ1) is 14.8. The summed E-state index contributed by atoms with van der Waals surface area (Å²) in [5.41, 5.74) is 1.24. The van der Waals surface area contributed by atoms with Gasteiger partial charge in [0.05, 0.1) is 35.9 Å². The van der Waals surface area contributed by atoms with Crippen molar-refractivity contribution in [1.82, 2.24) is 9.29 Å². The van der Waals surface area contributed by atoms with Gasteiger partial charge in [-0.25, -0.2) is 18.2 Å². The lowest BCUT2D eigenvalue weighted by molar-refractivity contribution is 0.0699. The summed E-state index contributed by atoms with van der Waals surface area (Å²) >= 11 is 0. The van der Waals surface area contributed by atoms with E-state index in [-0.39, 0.29) is 15.8 Å². The Hall–Kier alpha value is -3.17. The molecule has 0 saturated carbocycles. The zero-order chi connectivity index (χ0) is 22.8. The Morgan fingerprint density at radius 3 is 2.32 bits per heavy atom. The van der Waals surface area contributed by atoms with Crippen LogP contribution < -0.4 is 9.47 Å². The highest BCUT2D eigenvalue weighted by Gasteiger charge is 2.24. The fraction of sp³-hybridized carbons (Fsp3) is 0.273. The maximum atomic E-state index is 12.9. The Morgan fingerprint density at radius 1 is 1.03 bits per heavy atom. The molecule has 164 valence electrons. The minimum absolute atomic E-state index is 0.0275. The summed E-state index contributed by atoms with van der Waals surface area (Å²) < 4.78 is 37.8. The lowest BCUT2D eigenvalue weighted by Crippen LogP contribution is -2.30. The molecule has 3 aromatic rings. The maximum absolute atomic E-state index is 12.9. The third-order valence-corrected chi connectivity index (χ3v) is 7.08. The number of benzene rings is 2. The second-order valence-electron chi connectivity index (χ2n) is 6.69. The molecule has 0 bridgehead atoms. The van der Waals surface area contributed by atoms with Gasteiger partial charge in [0.25, 0.3) is 0 Å². The number of fused-ring (bicyclic) bond motifs is 1. The molecule has 0 aliphatic rings. The van der Waals surface area contributed by atoms with Crippen molar-refractivity contribution in [3.8, 4) is 22.8 Å². The van der Waals surface area contributed by atoms with Crippen LogP contribution in [0.15, 0.2) is 47.4 Å². The van der Waals surface area contributed by atoms with Crippen molar-refractivity contribution < 1.29 is 27.8 Å². The molecule has 0 radical (unpaired) electrons. The number of hydrogen-bond donors (Lipinski definition) is 1. The Labute approximate surface area is 181 Å². The van der Waals surface area contributed by atoms with E-state index >= 15 is 0 Å². The average molecular weight is 445 g/mol. The van der Waals surface area contributed by atoms with Gasteiger partial charge in [0.2, 0.25) is 10.0 Å². The molecule has 9 heteroatoms. The van der Waals surface area contributed by atoms with Crippen molar-refractivity contribution in [3.63, 3.8) is 0 Å². The van der Waals surface area contributed by atoms with E-state index in [2.05, 4.69) is 4.98 Å². The number of hydrogen-bond acceptors (Lipinski definition) is 6. The summed E-state index contributed by atoms with van der Waals surface area (Å²) in [6.45, 7) is 4.13. The van der Waals surface area contributed by atoms with E-state index in [0.29, 0.717) is 41.4 Å². The van der Waals surface area contributed by atoms with Gasteiger partial charge >= 0.3 is 5.97 Å². The minimum Gasteiger partial charge on any atom is -0.497 e. The first-order valence-electron chi connectivity index (χ1n) is 9.67. The Balaban J connectivity index is 2.26. The van der Waals surface area contributed by atoms with Gasteiger partial charge in [-0.15, -0.1) is 0 Å².